The smallest absolute Gasteiger partial charge is 0.184 e. The highest BCUT2D eigenvalue weighted by Gasteiger charge is 2.49. The van der Waals surface area contributed by atoms with Crippen molar-refractivity contribution in [3.63, 3.8) is 0 Å². The average molecular weight is 523 g/mol. The van der Waals surface area contributed by atoms with Crippen molar-refractivity contribution in [1.29, 1.82) is 0 Å². The summed E-state index contributed by atoms with van der Waals surface area (Å²) in [7, 11) is 0. The van der Waals surface area contributed by atoms with Gasteiger partial charge in [0.05, 0.1) is 29.6 Å². The molecule has 2 fully saturated rings. The summed E-state index contributed by atoms with van der Waals surface area (Å²) in [6, 6.07) is 10.6. The summed E-state index contributed by atoms with van der Waals surface area (Å²) in [5, 5.41) is 15.9. The number of aromatic nitrogens is 4. The molecule has 0 radical (unpaired) electrons. The fraction of sp³-hybridized carbons (Fsp3) is 0.381. The minimum absolute atomic E-state index is 0.264. The number of aryl methyl sites for hydroxylation is 1. The van der Waals surface area contributed by atoms with Crippen LogP contribution in [0.2, 0.25) is 5.02 Å². The molecule has 9 nitrogen and oxygen atoms in total. The second-order valence-electron chi connectivity index (χ2n) is 7.73. The van der Waals surface area contributed by atoms with Gasteiger partial charge in [-0.15, -0.1) is 0 Å². The molecule has 6 atom stereocenters. The van der Waals surface area contributed by atoms with Gasteiger partial charge in [0.15, 0.2) is 12.1 Å². The molecular formula is C21H21BrClN5O4. The highest BCUT2D eigenvalue weighted by molar-refractivity contribution is 9.10. The van der Waals surface area contributed by atoms with Crippen LogP contribution < -0.4 is 5.73 Å². The average Bonchev–Trinajstić information content (AvgIpc) is 3.19. The van der Waals surface area contributed by atoms with E-state index in [0.717, 1.165) is 5.56 Å². The van der Waals surface area contributed by atoms with Crippen LogP contribution in [0, 0.1) is 6.92 Å². The lowest BCUT2D eigenvalue weighted by molar-refractivity contribution is -0.309. The van der Waals surface area contributed by atoms with E-state index in [2.05, 4.69) is 31.0 Å². The Hall–Kier alpha value is -1.92. The van der Waals surface area contributed by atoms with E-state index in [1.165, 1.54) is 0 Å². The van der Waals surface area contributed by atoms with Gasteiger partial charge in [0.1, 0.15) is 34.8 Å². The summed E-state index contributed by atoms with van der Waals surface area (Å²) in [4.78, 5) is 8.71. The van der Waals surface area contributed by atoms with Gasteiger partial charge < -0.3 is 25.1 Å². The zero-order chi connectivity index (χ0) is 22.4. The standard InChI is InChI=1S/C21H21BrClN5O4/c1-10-26-20(28(27-10)12-7-13(23)19(22)25-8-12)18-16(29)15(24)17-14(31-18)9-30-21(32-17)11-5-3-2-4-6-11/h2-8,14-18,21,29H,9,24H2,1H3/t14?,15-,16?,17+,18-,21?/m1/s1. The van der Waals surface area contributed by atoms with Gasteiger partial charge in [-0.2, -0.15) is 5.10 Å². The van der Waals surface area contributed by atoms with Crippen molar-refractivity contribution in [1.82, 2.24) is 19.7 Å². The topological polar surface area (TPSA) is 118 Å². The highest BCUT2D eigenvalue weighted by atomic mass is 79.9. The zero-order valence-corrected chi connectivity index (χ0v) is 19.3. The lowest BCUT2D eigenvalue weighted by atomic mass is 9.92. The fourth-order valence-electron chi connectivity index (χ4n) is 4.00. The Kier molecular flexibility index (Phi) is 6.01. The van der Waals surface area contributed by atoms with Crippen molar-refractivity contribution >= 4 is 27.5 Å². The Balaban J connectivity index is 1.42. The lowest BCUT2D eigenvalue weighted by Crippen LogP contribution is -2.62. The fourth-order valence-corrected chi connectivity index (χ4v) is 4.38. The van der Waals surface area contributed by atoms with Gasteiger partial charge in [-0.05, 0) is 28.9 Å². The molecular weight excluding hydrogens is 502 g/mol. The maximum absolute atomic E-state index is 11.1. The van der Waals surface area contributed by atoms with Crippen LogP contribution in [-0.2, 0) is 14.2 Å². The third-order valence-electron chi connectivity index (χ3n) is 5.56. The number of hydrogen-bond acceptors (Lipinski definition) is 8. The molecule has 0 bridgehead atoms. The summed E-state index contributed by atoms with van der Waals surface area (Å²) in [6.45, 7) is 2.02. The molecule has 4 heterocycles. The van der Waals surface area contributed by atoms with Gasteiger partial charge in [0.25, 0.3) is 0 Å². The van der Waals surface area contributed by atoms with Crippen molar-refractivity contribution in [2.24, 2.45) is 5.73 Å². The number of nitrogens with two attached hydrogens (primary N) is 1. The third-order valence-corrected chi connectivity index (χ3v) is 6.70. The number of pyridine rings is 1. The van der Waals surface area contributed by atoms with Crippen molar-refractivity contribution < 1.29 is 19.3 Å². The molecule has 11 heteroatoms. The number of nitrogens with zero attached hydrogens (tertiary/aromatic N) is 4. The first-order valence-corrected chi connectivity index (χ1v) is 11.3. The summed E-state index contributed by atoms with van der Waals surface area (Å²) in [5.41, 5.74) is 7.90. The molecule has 0 saturated carbocycles. The maximum Gasteiger partial charge on any atom is 0.184 e. The number of benzene rings is 1. The molecule has 1 aromatic carbocycles. The second kappa shape index (κ2) is 8.79. The van der Waals surface area contributed by atoms with Gasteiger partial charge in [-0.3, -0.25) is 0 Å². The van der Waals surface area contributed by atoms with E-state index >= 15 is 0 Å². The first kappa shape index (κ1) is 21.9. The van der Waals surface area contributed by atoms with E-state index in [9.17, 15) is 5.11 Å². The summed E-state index contributed by atoms with van der Waals surface area (Å²) in [6.07, 6.45) is -1.90. The molecule has 5 rings (SSSR count). The number of hydrogen-bond donors (Lipinski definition) is 2. The summed E-state index contributed by atoms with van der Waals surface area (Å²) >= 11 is 9.49. The number of fused-ring (bicyclic) bond motifs is 1. The molecule has 3 aromatic rings. The Morgan fingerprint density at radius 3 is 2.78 bits per heavy atom. The molecule has 3 N–H and O–H groups in total. The van der Waals surface area contributed by atoms with Crippen LogP contribution >= 0.6 is 27.5 Å². The second-order valence-corrected chi connectivity index (χ2v) is 8.89. The van der Waals surface area contributed by atoms with E-state index in [1.54, 1.807) is 23.9 Å². The Morgan fingerprint density at radius 1 is 1.25 bits per heavy atom. The molecule has 32 heavy (non-hydrogen) atoms. The SMILES string of the molecule is Cc1nc([C@@H]2OC3COC(c4ccccc4)O[C@@H]3[C@H](N)C2O)n(-c2cnc(Br)c(Cl)c2)n1. The first-order valence-electron chi connectivity index (χ1n) is 10.1. The minimum Gasteiger partial charge on any atom is -0.388 e. The molecule has 2 aliphatic heterocycles. The van der Waals surface area contributed by atoms with E-state index in [-0.39, 0.29) is 6.61 Å². The molecule has 168 valence electrons. The Labute approximate surface area is 197 Å². The lowest BCUT2D eigenvalue weighted by Gasteiger charge is -2.46. The molecule has 3 unspecified atom stereocenters. The van der Waals surface area contributed by atoms with Crippen LogP contribution in [-0.4, -0.2) is 55.8 Å². The van der Waals surface area contributed by atoms with Crippen molar-refractivity contribution in [2.75, 3.05) is 6.61 Å². The van der Waals surface area contributed by atoms with Gasteiger partial charge >= 0.3 is 0 Å². The first-order chi connectivity index (χ1) is 15.4. The van der Waals surface area contributed by atoms with Gasteiger partial charge in [-0.25, -0.2) is 14.6 Å². The van der Waals surface area contributed by atoms with Crippen molar-refractivity contribution in [2.45, 2.75) is 43.7 Å². The zero-order valence-electron chi connectivity index (χ0n) is 17.0. The van der Waals surface area contributed by atoms with Gasteiger partial charge in [0.2, 0.25) is 0 Å². The van der Waals surface area contributed by atoms with E-state index in [4.69, 9.17) is 31.5 Å². The highest BCUT2D eigenvalue weighted by Crippen LogP contribution is 2.38. The molecule has 2 aliphatic rings. The normalized spacial score (nSPS) is 30.2. The van der Waals surface area contributed by atoms with Crippen LogP contribution in [0.25, 0.3) is 5.69 Å². The third kappa shape index (κ3) is 3.96. The predicted octanol–water partition coefficient (Wildman–Crippen LogP) is 2.63. The van der Waals surface area contributed by atoms with Crippen LogP contribution in [0.3, 0.4) is 0 Å². The van der Waals surface area contributed by atoms with Gasteiger partial charge in [-0.1, -0.05) is 41.9 Å². The van der Waals surface area contributed by atoms with Crippen LogP contribution in [0.5, 0.6) is 0 Å². The summed E-state index contributed by atoms with van der Waals surface area (Å²) in [5.74, 6) is 0.903. The Bertz CT molecular complexity index is 1110. The monoisotopic (exact) mass is 521 g/mol. The summed E-state index contributed by atoms with van der Waals surface area (Å²) < 4.78 is 20.3. The van der Waals surface area contributed by atoms with Crippen molar-refractivity contribution in [3.8, 4) is 5.69 Å². The predicted molar refractivity (Wildman–Crippen MR) is 118 cm³/mol. The minimum atomic E-state index is -1.08. The number of ether oxygens (including phenoxy) is 3. The number of rotatable bonds is 3. The Morgan fingerprint density at radius 2 is 2.03 bits per heavy atom. The van der Waals surface area contributed by atoms with Crippen LogP contribution in [0.15, 0.2) is 47.2 Å². The quantitative estimate of drug-likeness (QED) is 0.504. The molecule has 0 aliphatic carbocycles. The van der Waals surface area contributed by atoms with Crippen LogP contribution in [0.4, 0.5) is 0 Å². The van der Waals surface area contributed by atoms with E-state index < -0.39 is 36.7 Å². The molecule has 0 amide bonds. The van der Waals surface area contributed by atoms with E-state index in [0.29, 0.717) is 27.0 Å². The molecule has 2 saturated heterocycles. The number of halogens is 2. The van der Waals surface area contributed by atoms with Crippen LogP contribution in [0.1, 0.15) is 29.6 Å². The van der Waals surface area contributed by atoms with Crippen molar-refractivity contribution in [3.05, 3.63) is 69.4 Å². The number of aliphatic hydroxyl groups is 1. The largest absolute Gasteiger partial charge is 0.388 e. The van der Waals surface area contributed by atoms with E-state index in [1.807, 2.05) is 30.3 Å². The van der Waals surface area contributed by atoms with Gasteiger partial charge in [0, 0.05) is 5.56 Å². The number of aliphatic hydroxyl groups excluding tert-OH is 1. The maximum atomic E-state index is 11.1. The molecule has 0 spiro atoms. The molecule has 2 aromatic heterocycles.